The van der Waals surface area contributed by atoms with Gasteiger partial charge in [0.15, 0.2) is 0 Å². The first-order valence-electron chi connectivity index (χ1n) is 6.78. The number of benzene rings is 1. The van der Waals surface area contributed by atoms with Crippen LogP contribution in [0, 0.1) is 0 Å². The Hall–Kier alpha value is -1.60. The zero-order chi connectivity index (χ0) is 15.3. The molecular formula is C16H13ClIN4-. The van der Waals surface area contributed by atoms with E-state index < -0.39 is 0 Å². The van der Waals surface area contributed by atoms with Gasteiger partial charge in [-0.05, 0) is 0 Å². The second-order valence-corrected chi connectivity index (χ2v) is 7.39. The number of aryl methyl sites for hydroxylation is 1. The number of nitrogens with zero attached hydrogens (tertiary/aromatic N) is 4. The average Bonchev–Trinajstić information content (AvgIpc) is 3.08. The molecule has 0 amide bonds. The van der Waals surface area contributed by atoms with E-state index in [9.17, 15) is 0 Å². The van der Waals surface area contributed by atoms with Crippen molar-refractivity contribution in [2.45, 2.75) is 0 Å². The molecule has 0 aliphatic carbocycles. The van der Waals surface area contributed by atoms with E-state index in [4.69, 9.17) is 11.6 Å². The predicted molar refractivity (Wildman–Crippen MR) is 85.8 cm³/mol. The van der Waals surface area contributed by atoms with Crippen LogP contribution in [0.15, 0.2) is 42.7 Å². The average molecular weight is 424 g/mol. The molecule has 4 aromatic rings. The third-order valence-electron chi connectivity index (χ3n) is 3.81. The molecular weight excluding hydrogens is 411 g/mol. The Kier molecular flexibility index (Phi) is 3.34. The number of hydrogen-bond acceptors (Lipinski definition) is 2. The zero-order valence-corrected chi connectivity index (χ0v) is 15.0. The Morgan fingerprint density at radius 3 is 2.73 bits per heavy atom. The van der Waals surface area contributed by atoms with Crippen LogP contribution in [-0.4, -0.2) is 22.2 Å². The van der Waals surface area contributed by atoms with Crippen LogP contribution >= 0.6 is 11.6 Å². The van der Waals surface area contributed by atoms with Crippen LogP contribution < -0.4 is 21.5 Å². The summed E-state index contributed by atoms with van der Waals surface area (Å²) in [5.74, 6) is 0. The monoisotopic (exact) mass is 423 g/mol. The van der Waals surface area contributed by atoms with Crippen molar-refractivity contribution < 1.29 is 21.5 Å². The maximum atomic E-state index is 6.19. The molecule has 112 valence electrons. The molecule has 0 bridgehead atoms. The number of para-hydroxylation sites is 1. The maximum absolute atomic E-state index is 6.19. The molecule has 0 saturated heterocycles. The van der Waals surface area contributed by atoms with Gasteiger partial charge in [-0.3, -0.25) is 0 Å². The summed E-state index contributed by atoms with van der Waals surface area (Å²) in [6.07, 6.45) is 4.19. The van der Waals surface area contributed by atoms with Gasteiger partial charge in [0.05, 0.1) is 0 Å². The summed E-state index contributed by atoms with van der Waals surface area (Å²) in [5, 5.41) is 2.54. The summed E-state index contributed by atoms with van der Waals surface area (Å²) < 4.78 is 4.31. The quantitative estimate of drug-likeness (QED) is 0.271. The first kappa shape index (κ1) is 14.0. The van der Waals surface area contributed by atoms with Gasteiger partial charge in [-0.1, -0.05) is 0 Å². The van der Waals surface area contributed by atoms with E-state index in [-0.39, 0.29) is 21.5 Å². The van der Waals surface area contributed by atoms with Crippen LogP contribution in [0.3, 0.4) is 0 Å². The van der Waals surface area contributed by atoms with E-state index in [1.54, 1.807) is 0 Å². The molecule has 1 aromatic carbocycles. The SMILES string of the molecule is C[I-]n1ccc2c(-c3cn(C)c4ccccc34)nc(Cl)nc21. The van der Waals surface area contributed by atoms with E-state index in [0.29, 0.717) is 5.28 Å². The molecule has 0 atom stereocenters. The van der Waals surface area contributed by atoms with Crippen molar-refractivity contribution in [3.05, 3.63) is 48.0 Å². The Labute approximate surface area is 143 Å². The molecule has 6 heteroatoms. The number of rotatable bonds is 2. The number of halogens is 2. The van der Waals surface area contributed by atoms with Crippen molar-refractivity contribution in [1.82, 2.24) is 17.3 Å². The molecule has 0 radical (unpaired) electrons. The molecule has 0 aliphatic rings. The topological polar surface area (TPSA) is 35.6 Å². The van der Waals surface area contributed by atoms with Crippen molar-refractivity contribution in [2.75, 3.05) is 4.93 Å². The minimum absolute atomic E-state index is 0.118. The predicted octanol–water partition coefficient (Wildman–Crippen LogP) is 0.725. The molecule has 0 unspecified atom stereocenters. The second-order valence-electron chi connectivity index (χ2n) is 5.05. The minimum atomic E-state index is -0.118. The number of fused-ring (bicyclic) bond motifs is 2. The van der Waals surface area contributed by atoms with Gasteiger partial charge in [0.1, 0.15) is 0 Å². The number of hydrogen-bond donors (Lipinski definition) is 0. The standard InChI is InChI=1S/C16H13ClIN4/c1-18-22-8-7-11-14(19-16(17)20-15(11)22)12-9-21(2)13-6-4-3-5-10(12)13/h3-9H,1-2H3/q-1. The number of alkyl halides is 1. The van der Waals surface area contributed by atoms with Gasteiger partial charge in [0.25, 0.3) is 0 Å². The van der Waals surface area contributed by atoms with Crippen molar-refractivity contribution >= 4 is 33.5 Å². The summed E-state index contributed by atoms with van der Waals surface area (Å²) in [6.45, 7) is 0. The van der Waals surface area contributed by atoms with Gasteiger partial charge in [-0.25, -0.2) is 0 Å². The van der Waals surface area contributed by atoms with Gasteiger partial charge < -0.3 is 0 Å². The van der Waals surface area contributed by atoms with Crippen LogP contribution in [0.25, 0.3) is 33.2 Å². The summed E-state index contributed by atoms with van der Waals surface area (Å²) in [5.41, 5.74) is 4.11. The molecule has 0 saturated carbocycles. The van der Waals surface area contributed by atoms with Gasteiger partial charge in [0, 0.05) is 0 Å². The van der Waals surface area contributed by atoms with E-state index >= 15 is 0 Å². The van der Waals surface area contributed by atoms with E-state index in [1.165, 1.54) is 10.9 Å². The Morgan fingerprint density at radius 1 is 1.09 bits per heavy atom. The fourth-order valence-electron chi connectivity index (χ4n) is 2.83. The third kappa shape index (κ3) is 2.03. The molecule has 3 heterocycles. The first-order chi connectivity index (χ1) is 10.7. The van der Waals surface area contributed by atoms with Crippen molar-refractivity contribution in [2.24, 2.45) is 7.05 Å². The summed E-state index contributed by atoms with van der Waals surface area (Å²) >= 11 is 6.07. The molecule has 0 fully saturated rings. The normalized spacial score (nSPS) is 11.8. The molecule has 3 aromatic heterocycles. The third-order valence-corrected chi connectivity index (χ3v) is 5.79. The van der Waals surface area contributed by atoms with Gasteiger partial charge >= 0.3 is 144 Å². The summed E-state index contributed by atoms with van der Waals surface area (Å²) in [6, 6.07) is 10.4. The number of aromatic nitrogens is 4. The van der Waals surface area contributed by atoms with Gasteiger partial charge in [0.2, 0.25) is 0 Å². The van der Waals surface area contributed by atoms with Crippen LogP contribution in [0.1, 0.15) is 0 Å². The first-order valence-corrected chi connectivity index (χ1v) is 10.3. The van der Waals surface area contributed by atoms with E-state index in [2.05, 4.69) is 66.0 Å². The molecule has 4 nitrogen and oxygen atoms in total. The van der Waals surface area contributed by atoms with E-state index in [0.717, 1.165) is 22.3 Å². The second kappa shape index (κ2) is 5.24. The summed E-state index contributed by atoms with van der Waals surface area (Å²) in [7, 11) is 2.05. The fraction of sp³-hybridized carbons (Fsp3) is 0.125. The molecule has 22 heavy (non-hydrogen) atoms. The van der Waals surface area contributed by atoms with Crippen LogP contribution in [0.2, 0.25) is 5.28 Å². The summed E-state index contributed by atoms with van der Waals surface area (Å²) in [4.78, 5) is 11.1. The Morgan fingerprint density at radius 2 is 1.91 bits per heavy atom. The van der Waals surface area contributed by atoms with Crippen molar-refractivity contribution in [3.8, 4) is 11.3 Å². The van der Waals surface area contributed by atoms with Crippen LogP contribution in [-0.2, 0) is 7.05 Å². The zero-order valence-electron chi connectivity index (χ0n) is 12.1. The van der Waals surface area contributed by atoms with Crippen molar-refractivity contribution in [1.29, 1.82) is 0 Å². The molecule has 0 aliphatic heterocycles. The Balaban J connectivity index is 2.10. The van der Waals surface area contributed by atoms with Crippen molar-refractivity contribution in [3.63, 3.8) is 0 Å². The Bertz CT molecular complexity index is 1000. The molecule has 4 rings (SSSR count). The molecule has 0 spiro atoms. The van der Waals surface area contributed by atoms with E-state index in [1.807, 2.05) is 6.07 Å². The fourth-order valence-corrected chi connectivity index (χ4v) is 4.30. The van der Waals surface area contributed by atoms with Gasteiger partial charge in [-0.2, -0.15) is 0 Å². The van der Waals surface area contributed by atoms with Crippen LogP contribution in [0.4, 0.5) is 0 Å². The van der Waals surface area contributed by atoms with Crippen LogP contribution in [0.5, 0.6) is 0 Å². The molecule has 0 N–H and O–H groups in total. The van der Waals surface area contributed by atoms with Gasteiger partial charge in [-0.15, -0.1) is 0 Å².